The highest BCUT2D eigenvalue weighted by Gasteiger charge is 2.28. The van der Waals surface area contributed by atoms with E-state index in [-0.39, 0.29) is 28.2 Å². The Morgan fingerprint density at radius 2 is 1.73 bits per heavy atom. The van der Waals surface area contributed by atoms with Gasteiger partial charge in [0.2, 0.25) is 21.9 Å². The summed E-state index contributed by atoms with van der Waals surface area (Å²) in [6.07, 6.45) is 7.73. The van der Waals surface area contributed by atoms with E-state index >= 15 is 0 Å². The fraction of sp³-hybridized carbons (Fsp3) is 0.360. The number of anilines is 2. The monoisotopic (exact) mass is 562 g/mol. The summed E-state index contributed by atoms with van der Waals surface area (Å²) in [6, 6.07) is 7.42. The van der Waals surface area contributed by atoms with Gasteiger partial charge in [-0.2, -0.15) is 24.8 Å². The highest BCUT2D eigenvalue weighted by Crippen LogP contribution is 2.27. The molecule has 40 heavy (non-hydrogen) atoms. The molecule has 2 aromatic heterocycles. The number of sulfonamides is 1. The van der Waals surface area contributed by atoms with E-state index in [1.54, 1.807) is 22.8 Å². The molecule has 3 fully saturated rings. The molecule has 3 aliphatic rings. The maximum atomic E-state index is 12.8. The quantitative estimate of drug-likeness (QED) is 0.198. The van der Waals surface area contributed by atoms with Crippen molar-refractivity contribution in [2.45, 2.75) is 61.5 Å². The lowest BCUT2D eigenvalue weighted by atomic mass is 9.92. The zero-order valence-electron chi connectivity index (χ0n) is 21.2. The van der Waals surface area contributed by atoms with Crippen molar-refractivity contribution in [2.24, 2.45) is 0 Å². The molecule has 1 aromatic carbocycles. The molecule has 2 aliphatic carbocycles. The normalized spacial score (nSPS) is 22.1. The van der Waals surface area contributed by atoms with Gasteiger partial charge in [-0.15, -0.1) is 0 Å². The number of hydrogen-bond donors (Lipinski definition) is 5. The van der Waals surface area contributed by atoms with Crippen LogP contribution in [0.4, 0.5) is 16.7 Å². The largest absolute Gasteiger partial charge is 0.351 e. The van der Waals surface area contributed by atoms with Gasteiger partial charge in [-0.3, -0.25) is 10.1 Å². The van der Waals surface area contributed by atoms with Gasteiger partial charge in [-0.25, -0.2) is 17.9 Å². The molecule has 0 spiro atoms. The second-order valence-electron chi connectivity index (χ2n) is 10.0. The zero-order valence-corrected chi connectivity index (χ0v) is 22.0. The smallest absolute Gasteiger partial charge is 0.326 e. The molecule has 0 bridgehead atoms. The van der Waals surface area contributed by atoms with Crippen LogP contribution in [0.2, 0.25) is 0 Å². The Bertz CT molecular complexity index is 1680. The van der Waals surface area contributed by atoms with Crippen molar-refractivity contribution in [1.82, 2.24) is 34.9 Å². The Morgan fingerprint density at radius 1 is 1.00 bits per heavy atom. The number of carbonyl (C=O) groups excluding carboxylic acids is 2. The molecule has 2 saturated carbocycles. The van der Waals surface area contributed by atoms with E-state index < -0.39 is 22.0 Å². The lowest BCUT2D eigenvalue weighted by Crippen LogP contribution is -2.40. The molecule has 6 rings (SSSR count). The van der Waals surface area contributed by atoms with Crippen LogP contribution in [0.1, 0.15) is 49.7 Å². The van der Waals surface area contributed by atoms with Gasteiger partial charge in [0, 0.05) is 23.7 Å². The van der Waals surface area contributed by atoms with Gasteiger partial charge >= 0.3 is 6.03 Å². The van der Waals surface area contributed by atoms with Gasteiger partial charge in [0.1, 0.15) is 5.70 Å². The zero-order chi connectivity index (χ0) is 27.9. The van der Waals surface area contributed by atoms with Crippen molar-refractivity contribution in [3.05, 3.63) is 47.3 Å². The summed E-state index contributed by atoms with van der Waals surface area (Å²) in [7, 11) is -3.74. The minimum Gasteiger partial charge on any atom is -0.351 e. The average molecular weight is 563 g/mol. The van der Waals surface area contributed by atoms with Gasteiger partial charge in [-0.1, -0.05) is 6.07 Å². The summed E-state index contributed by atoms with van der Waals surface area (Å²) < 4.78 is 30.0. The van der Waals surface area contributed by atoms with E-state index in [0.29, 0.717) is 54.8 Å². The molecule has 14 nitrogen and oxygen atoms in total. The summed E-state index contributed by atoms with van der Waals surface area (Å²) in [5, 5.41) is 24.8. The number of nitrogens with one attached hydrogen (secondary N) is 5. The third-order valence-corrected chi connectivity index (χ3v) is 8.50. The van der Waals surface area contributed by atoms with Crippen molar-refractivity contribution in [1.29, 1.82) is 5.26 Å². The molecule has 0 atom stereocenters. The molecule has 3 aromatic rings. The molecule has 0 radical (unpaired) electrons. The number of carbonyl (C=O) groups is 2. The van der Waals surface area contributed by atoms with E-state index in [2.05, 4.69) is 41.1 Å². The summed E-state index contributed by atoms with van der Waals surface area (Å²) in [4.78, 5) is 32.9. The number of imide groups is 1. The predicted octanol–water partition coefficient (Wildman–Crippen LogP) is 1.45. The Labute approximate surface area is 229 Å². The molecule has 1 aliphatic heterocycles. The van der Waals surface area contributed by atoms with Gasteiger partial charge in [0.05, 0.1) is 22.7 Å². The van der Waals surface area contributed by atoms with E-state index in [9.17, 15) is 18.0 Å². The van der Waals surface area contributed by atoms with Crippen LogP contribution in [0.5, 0.6) is 0 Å². The van der Waals surface area contributed by atoms with E-state index in [1.165, 1.54) is 18.2 Å². The first-order valence-corrected chi connectivity index (χ1v) is 14.4. The summed E-state index contributed by atoms with van der Waals surface area (Å²) in [6.45, 7) is 0. The van der Waals surface area contributed by atoms with Crippen molar-refractivity contribution in [2.75, 3.05) is 10.6 Å². The molecule has 5 N–H and O–H groups in total. The van der Waals surface area contributed by atoms with Gasteiger partial charge in [0.15, 0.2) is 5.65 Å². The number of aromatic nitrogens is 4. The second-order valence-corrected chi connectivity index (χ2v) is 11.8. The SMILES string of the molecule is N#Cc1cccc(S(=O)(=O)N[C@H]2CC[C@H](Nc3nc(NC4CC4)n4ncc(/C=C5\NC(=O)NC5=O)c4n3)CC2)c1. The second kappa shape index (κ2) is 10.2. The summed E-state index contributed by atoms with van der Waals surface area (Å²) in [5.74, 6) is 0.367. The fourth-order valence-electron chi connectivity index (χ4n) is 4.76. The first-order valence-electron chi connectivity index (χ1n) is 12.9. The highest BCUT2D eigenvalue weighted by atomic mass is 32.2. The summed E-state index contributed by atoms with van der Waals surface area (Å²) in [5.41, 5.74) is 1.39. The van der Waals surface area contributed by atoms with Gasteiger partial charge in [-0.05, 0) is 62.8 Å². The van der Waals surface area contributed by atoms with E-state index in [0.717, 1.165) is 12.8 Å². The number of fused-ring (bicyclic) bond motifs is 1. The third kappa shape index (κ3) is 5.44. The number of rotatable bonds is 8. The predicted molar refractivity (Wildman–Crippen MR) is 143 cm³/mol. The molecule has 206 valence electrons. The summed E-state index contributed by atoms with van der Waals surface area (Å²) >= 11 is 0. The minimum atomic E-state index is -3.74. The highest BCUT2D eigenvalue weighted by molar-refractivity contribution is 7.89. The topological polar surface area (TPSA) is 195 Å². The van der Waals surface area contributed by atoms with E-state index in [1.807, 2.05) is 6.07 Å². The van der Waals surface area contributed by atoms with Gasteiger partial charge < -0.3 is 16.0 Å². The van der Waals surface area contributed by atoms with Crippen LogP contribution in [0.15, 0.2) is 41.1 Å². The Kier molecular flexibility index (Phi) is 6.56. The molecule has 15 heteroatoms. The third-order valence-electron chi connectivity index (χ3n) is 6.98. The van der Waals surface area contributed by atoms with Crippen LogP contribution in [-0.4, -0.2) is 58.1 Å². The Balaban J connectivity index is 1.17. The molecule has 3 amide bonds. The van der Waals surface area contributed by atoms with Crippen molar-refractivity contribution in [3.8, 4) is 6.07 Å². The van der Waals surface area contributed by atoms with Crippen LogP contribution in [0.25, 0.3) is 11.7 Å². The maximum absolute atomic E-state index is 12.8. The molecular weight excluding hydrogens is 536 g/mol. The van der Waals surface area contributed by atoms with Crippen molar-refractivity contribution >= 4 is 45.6 Å². The van der Waals surface area contributed by atoms with Crippen molar-refractivity contribution < 1.29 is 18.0 Å². The minimum absolute atomic E-state index is 0.0171. The number of nitrogens with zero attached hydrogens (tertiary/aromatic N) is 5. The van der Waals surface area contributed by atoms with Gasteiger partial charge in [0.25, 0.3) is 5.91 Å². The standard InChI is InChI=1S/C25H26N10O4S/c26-12-14-2-1-3-19(10-14)40(38,39)34-18-8-6-16(7-9-18)28-23-31-21-15(11-20-22(36)32-25(37)30-20)13-27-35(21)24(33-23)29-17-4-5-17/h1-3,10-11,13,16-18,34H,4-9H2,(H2,28,29,31,33)(H2,30,32,36,37)/b20-11-/t16-,18-. The molecule has 0 unspecified atom stereocenters. The van der Waals surface area contributed by atoms with Crippen LogP contribution < -0.4 is 26.0 Å². The lowest BCUT2D eigenvalue weighted by Gasteiger charge is -2.29. The number of benzene rings is 1. The first-order chi connectivity index (χ1) is 19.3. The molecule has 1 saturated heterocycles. The maximum Gasteiger partial charge on any atom is 0.326 e. The number of amides is 3. The lowest BCUT2D eigenvalue weighted by molar-refractivity contribution is -0.115. The van der Waals surface area contributed by atoms with Crippen molar-refractivity contribution in [3.63, 3.8) is 0 Å². The first kappa shape index (κ1) is 25.7. The average Bonchev–Trinajstić information content (AvgIpc) is 3.57. The van der Waals surface area contributed by atoms with Crippen LogP contribution in [0.3, 0.4) is 0 Å². The van der Waals surface area contributed by atoms with Crippen LogP contribution in [0, 0.1) is 11.3 Å². The van der Waals surface area contributed by atoms with Crippen LogP contribution >= 0.6 is 0 Å². The number of urea groups is 1. The fourth-order valence-corrected chi connectivity index (χ4v) is 6.11. The Hall–Kier alpha value is -4.55. The number of nitriles is 1. The van der Waals surface area contributed by atoms with Crippen LogP contribution in [-0.2, 0) is 14.8 Å². The number of hydrogen-bond acceptors (Lipinski definition) is 10. The molecular formula is C25H26N10O4S. The molecule has 3 heterocycles. The van der Waals surface area contributed by atoms with E-state index in [4.69, 9.17) is 5.26 Å². The Morgan fingerprint density at radius 3 is 2.42 bits per heavy atom.